The third-order valence-corrected chi connectivity index (χ3v) is 4.50. The van der Waals surface area contributed by atoms with Gasteiger partial charge in [-0.25, -0.2) is 9.97 Å². The average molecular weight is 470 g/mol. The van der Waals surface area contributed by atoms with Gasteiger partial charge in [0.25, 0.3) is 0 Å². The monoisotopic (exact) mass is 470 g/mol. The van der Waals surface area contributed by atoms with Gasteiger partial charge in [0.05, 0.1) is 6.54 Å². The summed E-state index contributed by atoms with van der Waals surface area (Å²) >= 11 is 0. The van der Waals surface area contributed by atoms with Crippen LogP contribution in [0, 0.1) is 6.92 Å². The van der Waals surface area contributed by atoms with Gasteiger partial charge < -0.3 is 15.5 Å². The number of rotatable bonds is 4. The molecule has 2 N–H and O–H groups in total. The predicted octanol–water partition coefficient (Wildman–Crippen LogP) is 1.47. The van der Waals surface area contributed by atoms with E-state index in [9.17, 15) is 0 Å². The summed E-state index contributed by atoms with van der Waals surface area (Å²) in [6.45, 7) is 4.65. The Kier molecular flexibility index (Phi) is 7.61. The molecule has 1 fully saturated rings. The maximum atomic E-state index is 4.52. The molecule has 0 atom stereocenters. The lowest BCUT2D eigenvalue weighted by Gasteiger charge is -2.33. The fraction of sp³-hybridized carbons (Fsp3) is 0.529. The number of hydrogen-bond donors (Lipinski definition) is 2. The van der Waals surface area contributed by atoms with Crippen LogP contribution in [0.25, 0.3) is 0 Å². The molecule has 0 saturated carbocycles. The molecular formula is C17H27IN8. The molecule has 3 rings (SSSR count). The summed E-state index contributed by atoms with van der Waals surface area (Å²) in [5, 5.41) is 10.9. The number of guanidine groups is 1. The maximum Gasteiger partial charge on any atom is 0.191 e. The number of halogens is 1. The molecule has 26 heavy (non-hydrogen) atoms. The predicted molar refractivity (Wildman–Crippen MR) is 114 cm³/mol. The van der Waals surface area contributed by atoms with E-state index in [1.165, 1.54) is 5.56 Å². The second-order valence-electron chi connectivity index (χ2n) is 6.33. The van der Waals surface area contributed by atoms with Crippen LogP contribution in [0.15, 0.2) is 29.6 Å². The van der Waals surface area contributed by atoms with E-state index < -0.39 is 0 Å². The summed E-state index contributed by atoms with van der Waals surface area (Å²) in [5.74, 6) is 2.74. The molecule has 9 heteroatoms. The highest BCUT2D eigenvalue weighted by Gasteiger charge is 2.20. The molecule has 0 bridgehead atoms. The van der Waals surface area contributed by atoms with Crippen molar-refractivity contribution < 1.29 is 0 Å². The summed E-state index contributed by atoms with van der Waals surface area (Å²) in [6.07, 6.45) is 5.60. The van der Waals surface area contributed by atoms with E-state index in [-0.39, 0.29) is 24.0 Å². The Labute approximate surface area is 171 Å². The number of aromatic nitrogens is 4. The van der Waals surface area contributed by atoms with E-state index in [2.05, 4.69) is 54.6 Å². The van der Waals surface area contributed by atoms with Gasteiger partial charge >= 0.3 is 0 Å². The van der Waals surface area contributed by atoms with Crippen LogP contribution in [0.5, 0.6) is 0 Å². The van der Waals surface area contributed by atoms with Gasteiger partial charge in [0.2, 0.25) is 0 Å². The minimum Gasteiger partial charge on any atom is -0.356 e. The summed E-state index contributed by atoms with van der Waals surface area (Å²) in [7, 11) is 3.67. The van der Waals surface area contributed by atoms with Crippen LogP contribution in [0.1, 0.15) is 24.2 Å². The zero-order valence-corrected chi connectivity index (χ0v) is 17.8. The summed E-state index contributed by atoms with van der Waals surface area (Å²) in [6, 6.07) is 4.63. The topological polar surface area (TPSA) is 83.3 Å². The van der Waals surface area contributed by atoms with E-state index >= 15 is 0 Å². The van der Waals surface area contributed by atoms with Crippen molar-refractivity contribution in [1.29, 1.82) is 0 Å². The molecular weight excluding hydrogens is 443 g/mol. The molecule has 1 aliphatic heterocycles. The van der Waals surface area contributed by atoms with Crippen LogP contribution in [0.3, 0.4) is 0 Å². The number of nitrogens with one attached hydrogen (secondary N) is 2. The smallest absolute Gasteiger partial charge is 0.191 e. The second kappa shape index (κ2) is 9.70. The lowest BCUT2D eigenvalue weighted by Crippen LogP contribution is -2.48. The fourth-order valence-electron chi connectivity index (χ4n) is 2.93. The molecule has 0 radical (unpaired) electrons. The number of piperidine rings is 1. The van der Waals surface area contributed by atoms with Crippen LogP contribution in [-0.4, -0.2) is 51.9 Å². The van der Waals surface area contributed by atoms with E-state index in [0.29, 0.717) is 12.6 Å². The normalized spacial score (nSPS) is 15.5. The number of aryl methyl sites for hydroxylation is 2. The van der Waals surface area contributed by atoms with E-state index in [1.807, 2.05) is 13.2 Å². The SMILES string of the molecule is CN=C(NCc1ncnn1C)NC1CCN(c2ccc(C)cn2)CC1.I. The largest absolute Gasteiger partial charge is 0.356 e. The second-order valence-corrected chi connectivity index (χ2v) is 6.33. The van der Waals surface area contributed by atoms with Gasteiger partial charge in [-0.1, -0.05) is 6.07 Å². The van der Waals surface area contributed by atoms with Crippen molar-refractivity contribution in [3.05, 3.63) is 36.0 Å². The molecule has 142 valence electrons. The molecule has 0 spiro atoms. The minimum absolute atomic E-state index is 0. The van der Waals surface area contributed by atoms with Gasteiger partial charge in [0.1, 0.15) is 18.0 Å². The zero-order chi connectivity index (χ0) is 17.6. The number of nitrogens with zero attached hydrogens (tertiary/aromatic N) is 6. The van der Waals surface area contributed by atoms with E-state index in [1.54, 1.807) is 18.1 Å². The highest BCUT2D eigenvalue weighted by Crippen LogP contribution is 2.17. The van der Waals surface area contributed by atoms with Gasteiger partial charge in [-0.05, 0) is 31.4 Å². The molecule has 0 aliphatic carbocycles. The van der Waals surface area contributed by atoms with Gasteiger partial charge in [-0.3, -0.25) is 9.67 Å². The summed E-state index contributed by atoms with van der Waals surface area (Å²) < 4.78 is 1.76. The molecule has 0 aromatic carbocycles. The number of pyridine rings is 1. The van der Waals surface area contributed by atoms with Crippen molar-refractivity contribution in [1.82, 2.24) is 30.4 Å². The quantitative estimate of drug-likeness (QED) is 0.400. The van der Waals surface area contributed by atoms with Gasteiger partial charge in [-0.2, -0.15) is 5.10 Å². The summed E-state index contributed by atoms with van der Waals surface area (Å²) in [5.41, 5.74) is 1.19. The fourth-order valence-corrected chi connectivity index (χ4v) is 2.93. The molecule has 2 aromatic rings. The standard InChI is InChI=1S/C17H26N8.HI/c1-13-4-5-15(19-10-13)25-8-6-14(7-9-25)23-17(18-2)20-11-16-21-12-22-24(16)3;/h4-5,10,12,14H,6-9,11H2,1-3H3,(H2,18,20,23);1H. The van der Waals surface area contributed by atoms with E-state index in [4.69, 9.17) is 0 Å². The molecule has 0 unspecified atom stereocenters. The van der Waals surface area contributed by atoms with Crippen molar-refractivity contribution in [2.24, 2.45) is 12.0 Å². The Morgan fingerprint density at radius 3 is 2.62 bits per heavy atom. The summed E-state index contributed by atoms with van der Waals surface area (Å²) in [4.78, 5) is 15.4. The van der Waals surface area contributed by atoms with Gasteiger partial charge in [-0.15, -0.1) is 24.0 Å². The molecule has 0 amide bonds. The minimum atomic E-state index is 0. The molecule has 1 aliphatic rings. The zero-order valence-electron chi connectivity index (χ0n) is 15.5. The highest BCUT2D eigenvalue weighted by atomic mass is 127. The molecule has 2 aromatic heterocycles. The van der Waals surface area contributed by atoms with Crippen LogP contribution in [0.2, 0.25) is 0 Å². The van der Waals surface area contributed by atoms with Crippen molar-refractivity contribution in [2.75, 3.05) is 25.0 Å². The van der Waals surface area contributed by atoms with Crippen molar-refractivity contribution >= 4 is 35.8 Å². The first-order valence-corrected chi connectivity index (χ1v) is 8.63. The highest BCUT2D eigenvalue weighted by molar-refractivity contribution is 14.0. The van der Waals surface area contributed by atoms with Crippen molar-refractivity contribution in [3.8, 4) is 0 Å². The Morgan fingerprint density at radius 1 is 1.27 bits per heavy atom. The Bertz CT molecular complexity index is 704. The first-order valence-electron chi connectivity index (χ1n) is 8.63. The Hall–Kier alpha value is -1.91. The van der Waals surface area contributed by atoms with Gasteiger partial charge in [0, 0.05) is 39.4 Å². The number of hydrogen-bond acceptors (Lipinski definition) is 5. The van der Waals surface area contributed by atoms with Crippen LogP contribution in [-0.2, 0) is 13.6 Å². The Balaban J connectivity index is 0.00000243. The molecule has 3 heterocycles. The maximum absolute atomic E-state index is 4.52. The van der Waals surface area contributed by atoms with E-state index in [0.717, 1.165) is 43.5 Å². The first-order chi connectivity index (χ1) is 12.2. The van der Waals surface area contributed by atoms with Crippen LogP contribution in [0.4, 0.5) is 5.82 Å². The Morgan fingerprint density at radius 2 is 2.04 bits per heavy atom. The lowest BCUT2D eigenvalue weighted by atomic mass is 10.1. The van der Waals surface area contributed by atoms with Crippen LogP contribution < -0.4 is 15.5 Å². The van der Waals surface area contributed by atoms with Crippen LogP contribution >= 0.6 is 24.0 Å². The number of anilines is 1. The molecule has 1 saturated heterocycles. The third kappa shape index (κ3) is 5.29. The van der Waals surface area contributed by atoms with Gasteiger partial charge in [0.15, 0.2) is 5.96 Å². The molecule has 8 nitrogen and oxygen atoms in total. The van der Waals surface area contributed by atoms with Crippen molar-refractivity contribution in [3.63, 3.8) is 0 Å². The number of aliphatic imine (C=N–C) groups is 1. The first kappa shape index (κ1) is 20.4. The average Bonchev–Trinajstić information content (AvgIpc) is 3.05. The lowest BCUT2D eigenvalue weighted by molar-refractivity contribution is 0.459. The van der Waals surface area contributed by atoms with Crippen molar-refractivity contribution in [2.45, 2.75) is 32.4 Å². The third-order valence-electron chi connectivity index (χ3n) is 4.50.